The van der Waals surface area contributed by atoms with Crippen molar-refractivity contribution in [2.75, 3.05) is 0 Å². The van der Waals surface area contributed by atoms with Crippen molar-refractivity contribution in [3.8, 4) is 0 Å². The lowest BCUT2D eigenvalue weighted by atomic mass is 9.64. The van der Waals surface area contributed by atoms with Gasteiger partial charge in [-0.05, 0) is 74.0 Å². The van der Waals surface area contributed by atoms with Gasteiger partial charge in [-0.3, -0.25) is 0 Å². The van der Waals surface area contributed by atoms with Gasteiger partial charge < -0.3 is 5.11 Å². The molecule has 120 valence electrons. The van der Waals surface area contributed by atoms with Crippen LogP contribution in [-0.4, -0.2) is 10.7 Å². The zero-order valence-electron chi connectivity index (χ0n) is 14.7. The molecule has 2 fully saturated rings. The molecule has 0 radical (unpaired) electrons. The molecule has 2 saturated carbocycles. The summed E-state index contributed by atoms with van der Waals surface area (Å²) in [7, 11) is 0. The maximum atomic E-state index is 11.1. The Morgan fingerprint density at radius 2 is 1.90 bits per heavy atom. The standard InChI is InChI=1S/C20H34O/c1-13(2)15-8-10-19(4)12-16-14(3)6-7-18(16)20(5,21)11-9-17(15)19/h9,13-16,18,21H,6-8,10-12H2,1-5H3/t14-,15-,16-,18+,19-,20-/m0/s1. The van der Waals surface area contributed by atoms with Crippen LogP contribution in [0.1, 0.15) is 73.1 Å². The molecule has 1 N–H and O–H groups in total. The van der Waals surface area contributed by atoms with Gasteiger partial charge in [0.05, 0.1) is 5.60 Å². The van der Waals surface area contributed by atoms with Gasteiger partial charge in [0.2, 0.25) is 0 Å². The van der Waals surface area contributed by atoms with Gasteiger partial charge in [-0.15, -0.1) is 0 Å². The largest absolute Gasteiger partial charge is 0.390 e. The number of hydrogen-bond donors (Lipinski definition) is 1. The zero-order chi connectivity index (χ0) is 15.4. The zero-order valence-corrected chi connectivity index (χ0v) is 14.7. The molecule has 0 aromatic heterocycles. The van der Waals surface area contributed by atoms with E-state index in [2.05, 4.69) is 40.7 Å². The number of fused-ring (bicyclic) bond motifs is 2. The first-order chi connectivity index (χ1) is 9.74. The lowest BCUT2D eigenvalue weighted by Crippen LogP contribution is -2.41. The summed E-state index contributed by atoms with van der Waals surface area (Å²) in [6.07, 6.45) is 9.89. The van der Waals surface area contributed by atoms with Gasteiger partial charge in [0, 0.05) is 0 Å². The van der Waals surface area contributed by atoms with Crippen molar-refractivity contribution in [2.24, 2.45) is 35.0 Å². The first-order valence-corrected chi connectivity index (χ1v) is 9.17. The third-order valence-corrected chi connectivity index (χ3v) is 7.31. The summed E-state index contributed by atoms with van der Waals surface area (Å²) in [5.74, 6) is 3.51. The van der Waals surface area contributed by atoms with Crippen molar-refractivity contribution in [1.82, 2.24) is 0 Å². The molecule has 21 heavy (non-hydrogen) atoms. The monoisotopic (exact) mass is 290 g/mol. The molecule has 0 heterocycles. The van der Waals surface area contributed by atoms with E-state index >= 15 is 0 Å². The Bertz CT molecular complexity index is 433. The summed E-state index contributed by atoms with van der Waals surface area (Å²) >= 11 is 0. The van der Waals surface area contributed by atoms with Crippen LogP contribution in [0.15, 0.2) is 11.6 Å². The Morgan fingerprint density at radius 3 is 2.57 bits per heavy atom. The van der Waals surface area contributed by atoms with Gasteiger partial charge in [0.25, 0.3) is 0 Å². The van der Waals surface area contributed by atoms with Crippen molar-refractivity contribution in [2.45, 2.75) is 78.7 Å². The smallest absolute Gasteiger partial charge is 0.0684 e. The maximum Gasteiger partial charge on any atom is 0.0684 e. The van der Waals surface area contributed by atoms with E-state index in [1.807, 2.05) is 0 Å². The predicted molar refractivity (Wildman–Crippen MR) is 89.0 cm³/mol. The normalized spacial score (nSPS) is 50.3. The van der Waals surface area contributed by atoms with E-state index in [4.69, 9.17) is 0 Å². The first kappa shape index (κ1) is 15.6. The summed E-state index contributed by atoms with van der Waals surface area (Å²) in [6, 6.07) is 0. The predicted octanol–water partition coefficient (Wildman–Crippen LogP) is 5.19. The molecule has 3 aliphatic carbocycles. The number of aliphatic hydroxyl groups is 1. The number of hydrogen-bond acceptors (Lipinski definition) is 1. The van der Waals surface area contributed by atoms with E-state index in [9.17, 15) is 5.11 Å². The van der Waals surface area contributed by atoms with Gasteiger partial charge in [-0.25, -0.2) is 0 Å². The summed E-state index contributed by atoms with van der Waals surface area (Å²) in [5, 5.41) is 11.1. The van der Waals surface area contributed by atoms with Gasteiger partial charge in [-0.2, -0.15) is 0 Å². The molecule has 0 unspecified atom stereocenters. The third-order valence-electron chi connectivity index (χ3n) is 7.31. The number of rotatable bonds is 1. The fourth-order valence-corrected chi connectivity index (χ4v) is 5.90. The van der Waals surface area contributed by atoms with E-state index in [0.29, 0.717) is 11.3 Å². The van der Waals surface area contributed by atoms with Crippen LogP contribution in [0.3, 0.4) is 0 Å². The summed E-state index contributed by atoms with van der Waals surface area (Å²) in [6.45, 7) is 11.8. The van der Waals surface area contributed by atoms with Crippen molar-refractivity contribution in [3.05, 3.63) is 11.6 Å². The highest BCUT2D eigenvalue weighted by atomic mass is 16.3. The van der Waals surface area contributed by atoms with Crippen LogP contribution in [0.4, 0.5) is 0 Å². The van der Waals surface area contributed by atoms with Crippen LogP contribution in [0.2, 0.25) is 0 Å². The molecular weight excluding hydrogens is 256 g/mol. The van der Waals surface area contributed by atoms with Gasteiger partial charge >= 0.3 is 0 Å². The lowest BCUT2D eigenvalue weighted by Gasteiger charge is -2.43. The molecule has 0 bridgehead atoms. The van der Waals surface area contributed by atoms with E-state index < -0.39 is 5.60 Å². The van der Waals surface area contributed by atoms with Gasteiger partial charge in [0.15, 0.2) is 0 Å². The van der Waals surface area contributed by atoms with Crippen LogP contribution < -0.4 is 0 Å². The molecule has 3 rings (SSSR count). The van der Waals surface area contributed by atoms with E-state index in [0.717, 1.165) is 30.1 Å². The Kier molecular flexibility index (Phi) is 3.80. The molecule has 6 atom stereocenters. The highest BCUT2D eigenvalue weighted by molar-refractivity contribution is 5.25. The van der Waals surface area contributed by atoms with Crippen LogP contribution in [0.5, 0.6) is 0 Å². The van der Waals surface area contributed by atoms with Crippen LogP contribution in [0.25, 0.3) is 0 Å². The maximum absolute atomic E-state index is 11.1. The van der Waals surface area contributed by atoms with Crippen LogP contribution >= 0.6 is 0 Å². The summed E-state index contributed by atoms with van der Waals surface area (Å²) < 4.78 is 0. The Labute approximate surface area is 131 Å². The van der Waals surface area contributed by atoms with Gasteiger partial charge in [0.1, 0.15) is 0 Å². The average molecular weight is 290 g/mol. The molecule has 0 spiro atoms. The van der Waals surface area contributed by atoms with Crippen molar-refractivity contribution >= 4 is 0 Å². The second kappa shape index (κ2) is 5.11. The molecule has 0 aliphatic heterocycles. The highest BCUT2D eigenvalue weighted by Crippen LogP contribution is 2.58. The number of allylic oxidation sites excluding steroid dienone is 1. The van der Waals surface area contributed by atoms with Crippen molar-refractivity contribution in [3.63, 3.8) is 0 Å². The molecule has 0 amide bonds. The van der Waals surface area contributed by atoms with Crippen molar-refractivity contribution in [1.29, 1.82) is 0 Å². The van der Waals surface area contributed by atoms with Gasteiger partial charge in [-0.1, -0.05) is 45.8 Å². The second-order valence-electron chi connectivity index (χ2n) is 9.20. The quantitative estimate of drug-likeness (QED) is 0.659. The highest BCUT2D eigenvalue weighted by Gasteiger charge is 2.51. The van der Waals surface area contributed by atoms with Crippen LogP contribution in [0, 0.1) is 35.0 Å². The minimum Gasteiger partial charge on any atom is -0.390 e. The van der Waals surface area contributed by atoms with E-state index in [1.54, 1.807) is 5.57 Å². The minimum atomic E-state index is -0.492. The topological polar surface area (TPSA) is 20.2 Å². The minimum absolute atomic E-state index is 0.410. The summed E-state index contributed by atoms with van der Waals surface area (Å²) in [4.78, 5) is 0. The molecule has 1 heteroatoms. The molecule has 0 aromatic rings. The SMILES string of the molecule is CC(C)[C@@H]1CC[C@@]2(C)C[C@@H]3[C@@H](CC[C@@H]3C)[C@@](C)(O)CC=C12. The Hall–Kier alpha value is -0.300. The van der Waals surface area contributed by atoms with Crippen LogP contribution in [-0.2, 0) is 0 Å². The lowest BCUT2D eigenvalue weighted by molar-refractivity contribution is -0.0293. The van der Waals surface area contributed by atoms with Crippen molar-refractivity contribution < 1.29 is 5.11 Å². The third kappa shape index (κ3) is 2.50. The molecule has 3 aliphatic rings. The second-order valence-corrected chi connectivity index (χ2v) is 9.20. The molecular formula is C20H34O. The Balaban J connectivity index is 1.98. The Morgan fingerprint density at radius 1 is 1.19 bits per heavy atom. The van der Waals surface area contributed by atoms with E-state index in [1.165, 1.54) is 32.1 Å². The molecule has 0 saturated heterocycles. The fourth-order valence-electron chi connectivity index (χ4n) is 5.90. The molecule has 0 aromatic carbocycles. The first-order valence-electron chi connectivity index (χ1n) is 9.17. The van der Waals surface area contributed by atoms with E-state index in [-0.39, 0.29) is 0 Å². The molecule has 1 nitrogen and oxygen atoms in total. The summed E-state index contributed by atoms with van der Waals surface area (Å²) in [5.41, 5.74) is 1.61. The average Bonchev–Trinajstić information content (AvgIpc) is 2.89. The fraction of sp³-hybridized carbons (Fsp3) is 0.900.